The number of halogens is 3. The average molecular weight is 559 g/mol. The number of fused-ring (bicyclic) bond motifs is 1. The van der Waals surface area contributed by atoms with Crippen LogP contribution in [0.25, 0.3) is 22.1 Å². The summed E-state index contributed by atoms with van der Waals surface area (Å²) in [4.78, 5) is 24.8. The molecule has 3 unspecified atom stereocenters. The molecule has 0 saturated heterocycles. The van der Waals surface area contributed by atoms with Crippen molar-refractivity contribution in [1.82, 2.24) is 0 Å². The molecular weight excluding hydrogens is 525 g/mol. The van der Waals surface area contributed by atoms with Crippen molar-refractivity contribution in [2.24, 2.45) is 5.92 Å². The van der Waals surface area contributed by atoms with Gasteiger partial charge in [-0.2, -0.15) is 13.2 Å². The maximum atomic E-state index is 13.9. The average Bonchev–Trinajstić information content (AvgIpc) is 3.30. The first-order valence-corrected chi connectivity index (χ1v) is 13.4. The first kappa shape index (κ1) is 29.2. The molecule has 1 saturated carbocycles. The predicted molar refractivity (Wildman–Crippen MR) is 146 cm³/mol. The van der Waals surface area contributed by atoms with Crippen LogP contribution in [-0.4, -0.2) is 31.5 Å². The number of carbonyl (C=O) groups is 1. The monoisotopic (exact) mass is 558 g/mol. The van der Waals surface area contributed by atoms with E-state index in [1.54, 1.807) is 19.2 Å². The Bertz CT molecular complexity index is 1440. The second kappa shape index (κ2) is 12.2. The Balaban J connectivity index is 1.58. The molecule has 0 spiro atoms. The number of alkyl halides is 3. The summed E-state index contributed by atoms with van der Waals surface area (Å²) < 4.78 is 63.7. The van der Waals surface area contributed by atoms with Crippen molar-refractivity contribution < 1.29 is 36.6 Å². The maximum Gasteiger partial charge on any atom is 0.398 e. The van der Waals surface area contributed by atoms with Crippen LogP contribution >= 0.6 is 0 Å². The number of rotatable bonds is 10. The van der Waals surface area contributed by atoms with Gasteiger partial charge in [-0.25, -0.2) is 9.59 Å². The minimum Gasteiger partial charge on any atom is -0.496 e. The number of esters is 1. The van der Waals surface area contributed by atoms with Gasteiger partial charge in [0.05, 0.1) is 12.7 Å². The van der Waals surface area contributed by atoms with Crippen LogP contribution < -0.4 is 15.1 Å². The highest BCUT2D eigenvalue weighted by Gasteiger charge is 2.55. The zero-order valence-electron chi connectivity index (χ0n) is 22.8. The van der Waals surface area contributed by atoms with Gasteiger partial charge < -0.3 is 18.6 Å². The fourth-order valence-electron chi connectivity index (χ4n) is 5.07. The number of methoxy groups -OCH3 is 1. The SMILES string of the molecule is C=C(C)C(=O)OC1CCC(Oc2ccc3cc(-c4ccc(CCCCC)cc4OC)c(=O)oc3c2)C1C(F)(F)F. The van der Waals surface area contributed by atoms with Crippen molar-refractivity contribution in [2.45, 2.75) is 70.8 Å². The lowest BCUT2D eigenvalue weighted by Gasteiger charge is -2.27. The van der Waals surface area contributed by atoms with Crippen LogP contribution in [0.3, 0.4) is 0 Å². The van der Waals surface area contributed by atoms with E-state index in [-0.39, 0.29) is 29.7 Å². The second-order valence-electron chi connectivity index (χ2n) is 10.2. The highest BCUT2D eigenvalue weighted by Crippen LogP contribution is 2.43. The number of aryl methyl sites for hydroxylation is 1. The van der Waals surface area contributed by atoms with Gasteiger partial charge in [0, 0.05) is 22.6 Å². The summed E-state index contributed by atoms with van der Waals surface area (Å²) >= 11 is 0. The largest absolute Gasteiger partial charge is 0.496 e. The fourth-order valence-corrected chi connectivity index (χ4v) is 5.07. The Hall–Kier alpha value is -3.75. The predicted octanol–water partition coefficient (Wildman–Crippen LogP) is 7.41. The van der Waals surface area contributed by atoms with Gasteiger partial charge in [0.15, 0.2) is 0 Å². The van der Waals surface area contributed by atoms with Crippen LogP contribution in [0.4, 0.5) is 13.2 Å². The first-order valence-electron chi connectivity index (χ1n) is 13.4. The third-order valence-electron chi connectivity index (χ3n) is 7.14. The highest BCUT2D eigenvalue weighted by molar-refractivity contribution is 5.87. The van der Waals surface area contributed by atoms with Gasteiger partial charge in [0.25, 0.3) is 0 Å². The van der Waals surface area contributed by atoms with Gasteiger partial charge in [-0.05, 0) is 62.4 Å². The summed E-state index contributed by atoms with van der Waals surface area (Å²) in [7, 11) is 1.54. The molecule has 0 aliphatic heterocycles. The quantitative estimate of drug-likeness (QED) is 0.112. The number of ether oxygens (including phenoxy) is 3. The van der Waals surface area contributed by atoms with Crippen molar-refractivity contribution in [2.75, 3.05) is 7.11 Å². The smallest absolute Gasteiger partial charge is 0.398 e. The molecule has 6 nitrogen and oxygen atoms in total. The zero-order valence-corrected chi connectivity index (χ0v) is 22.8. The molecule has 1 fully saturated rings. The Morgan fingerprint density at radius 1 is 1.05 bits per heavy atom. The lowest BCUT2D eigenvalue weighted by molar-refractivity contribution is -0.215. The summed E-state index contributed by atoms with van der Waals surface area (Å²) in [6, 6.07) is 11.9. The number of hydrogen-bond donors (Lipinski definition) is 0. The Morgan fingerprint density at radius 3 is 2.48 bits per heavy atom. The Labute approximate surface area is 230 Å². The number of hydrogen-bond acceptors (Lipinski definition) is 6. The van der Waals surface area contributed by atoms with Crippen molar-refractivity contribution in [1.29, 1.82) is 0 Å². The number of benzene rings is 2. The van der Waals surface area contributed by atoms with Gasteiger partial charge in [-0.15, -0.1) is 0 Å². The molecule has 214 valence electrons. The molecule has 1 heterocycles. The van der Waals surface area contributed by atoms with Crippen LogP contribution in [0.15, 0.2) is 63.8 Å². The third kappa shape index (κ3) is 6.51. The maximum absolute atomic E-state index is 13.9. The van der Waals surface area contributed by atoms with Crippen LogP contribution in [0.1, 0.15) is 51.5 Å². The Kier molecular flexibility index (Phi) is 8.91. The van der Waals surface area contributed by atoms with E-state index in [0.717, 1.165) is 31.2 Å². The van der Waals surface area contributed by atoms with Crippen molar-refractivity contribution in [3.05, 3.63) is 70.6 Å². The van der Waals surface area contributed by atoms with E-state index >= 15 is 0 Å². The van der Waals surface area contributed by atoms with Crippen LogP contribution in [-0.2, 0) is 16.0 Å². The standard InChI is InChI=1S/C31H33F3O6/c1-5-6-7-8-19-9-12-22(27(15-19)37-4)23-16-20-10-11-21(17-26(20)40-30(23)36)38-24-13-14-25(28(24)31(32,33)34)39-29(35)18(2)3/h9-12,15-17,24-25,28H,2,5-8,13-14H2,1,3-4H3. The summed E-state index contributed by atoms with van der Waals surface area (Å²) in [5.41, 5.74) is 1.60. The first-order chi connectivity index (χ1) is 19.0. The minimum atomic E-state index is -4.65. The molecule has 1 aliphatic carbocycles. The zero-order chi connectivity index (χ0) is 29.0. The molecular formula is C31H33F3O6. The molecule has 0 N–H and O–H groups in total. The van der Waals surface area contributed by atoms with E-state index in [4.69, 9.17) is 18.6 Å². The Morgan fingerprint density at radius 2 is 1.80 bits per heavy atom. The molecule has 40 heavy (non-hydrogen) atoms. The molecule has 1 aromatic heterocycles. The normalized spacial score (nSPS) is 19.0. The number of unbranched alkanes of at least 4 members (excludes halogenated alkanes) is 2. The van der Waals surface area contributed by atoms with E-state index in [1.165, 1.54) is 19.1 Å². The third-order valence-corrected chi connectivity index (χ3v) is 7.14. The lowest BCUT2D eigenvalue weighted by Crippen LogP contribution is -2.41. The summed E-state index contributed by atoms with van der Waals surface area (Å²) in [6.45, 7) is 6.95. The molecule has 1 aliphatic rings. The van der Waals surface area contributed by atoms with Gasteiger partial charge >= 0.3 is 17.8 Å². The second-order valence-corrected chi connectivity index (χ2v) is 10.2. The molecule has 2 aromatic carbocycles. The molecule has 0 bridgehead atoms. The topological polar surface area (TPSA) is 75.0 Å². The molecule has 3 aromatic rings. The van der Waals surface area contributed by atoms with E-state index in [1.807, 2.05) is 18.2 Å². The molecule has 0 amide bonds. The molecule has 4 rings (SSSR count). The van der Waals surface area contributed by atoms with Crippen molar-refractivity contribution in [3.63, 3.8) is 0 Å². The van der Waals surface area contributed by atoms with Crippen LogP contribution in [0.2, 0.25) is 0 Å². The van der Waals surface area contributed by atoms with Crippen molar-refractivity contribution in [3.8, 4) is 22.6 Å². The molecule has 9 heteroatoms. The molecule has 3 atom stereocenters. The van der Waals surface area contributed by atoms with E-state index in [9.17, 15) is 22.8 Å². The summed E-state index contributed by atoms with van der Waals surface area (Å²) in [5, 5.41) is 0.572. The summed E-state index contributed by atoms with van der Waals surface area (Å²) in [5.74, 6) is -2.20. The van der Waals surface area contributed by atoms with Gasteiger partial charge in [0.1, 0.15) is 35.2 Å². The van der Waals surface area contributed by atoms with Gasteiger partial charge in [-0.3, -0.25) is 0 Å². The van der Waals surface area contributed by atoms with E-state index < -0.39 is 35.9 Å². The van der Waals surface area contributed by atoms with Gasteiger partial charge in [0.2, 0.25) is 0 Å². The fraction of sp³-hybridized carbons (Fsp3) is 0.419. The summed E-state index contributed by atoms with van der Waals surface area (Å²) in [6.07, 6.45) is -3.04. The lowest BCUT2D eigenvalue weighted by atomic mass is 10.00. The molecule has 0 radical (unpaired) electrons. The number of carbonyl (C=O) groups excluding carboxylic acids is 1. The van der Waals surface area contributed by atoms with Crippen LogP contribution in [0.5, 0.6) is 11.5 Å². The highest BCUT2D eigenvalue weighted by atomic mass is 19.4. The minimum absolute atomic E-state index is 0.000879. The van der Waals surface area contributed by atoms with Crippen molar-refractivity contribution >= 4 is 16.9 Å². The van der Waals surface area contributed by atoms with Gasteiger partial charge in [-0.1, -0.05) is 38.5 Å². The van der Waals surface area contributed by atoms with Crippen LogP contribution in [0, 0.1) is 5.92 Å². The van der Waals surface area contributed by atoms with E-state index in [2.05, 4.69) is 13.5 Å². The van der Waals surface area contributed by atoms with E-state index in [0.29, 0.717) is 22.3 Å².